The lowest BCUT2D eigenvalue weighted by Gasteiger charge is -2.31. The average Bonchev–Trinajstić information content (AvgIpc) is 3.97. The van der Waals surface area contributed by atoms with Gasteiger partial charge >= 0.3 is 6.09 Å². The SMILES string of the molecule is C=CC(=O)N1CCCN(c2nc[n+]([O-])c3c2ccn3C(=O)OCC=CN2CCCN(c3ncnc4[nH]ccc34)CC23CC3)CC12CC2. The third kappa shape index (κ3) is 5.11. The van der Waals surface area contributed by atoms with Crippen LogP contribution in [0.4, 0.5) is 16.4 Å². The molecule has 6 heterocycles. The molecular weight excluding hydrogens is 600 g/mol. The van der Waals surface area contributed by atoms with Gasteiger partial charge in [0.05, 0.1) is 22.7 Å². The molecule has 244 valence electrons. The van der Waals surface area contributed by atoms with Crippen molar-refractivity contribution in [2.45, 2.75) is 49.6 Å². The topological polar surface area (TPSA) is 143 Å². The van der Waals surface area contributed by atoms with Crippen molar-refractivity contribution in [1.29, 1.82) is 0 Å². The Morgan fingerprint density at radius 2 is 1.72 bits per heavy atom. The summed E-state index contributed by atoms with van der Waals surface area (Å²) in [5, 5.41) is 14.5. The first-order chi connectivity index (χ1) is 22.9. The molecule has 2 saturated carbocycles. The van der Waals surface area contributed by atoms with Gasteiger partial charge in [0, 0.05) is 45.5 Å². The number of hydrogen-bond donors (Lipinski definition) is 1. The number of aromatic nitrogens is 6. The van der Waals surface area contributed by atoms with E-state index in [4.69, 9.17) is 4.74 Å². The summed E-state index contributed by atoms with van der Waals surface area (Å²) < 4.78 is 7.48. The number of rotatable bonds is 6. The lowest BCUT2D eigenvalue weighted by molar-refractivity contribution is -0.583. The van der Waals surface area contributed by atoms with E-state index in [-0.39, 0.29) is 29.2 Å². The molecule has 2 saturated heterocycles. The molecule has 4 aromatic rings. The van der Waals surface area contributed by atoms with Crippen molar-refractivity contribution in [2.75, 3.05) is 55.7 Å². The number of aromatic amines is 1. The fourth-order valence-corrected chi connectivity index (χ4v) is 7.51. The number of carbonyl (C=O) groups excluding carboxylic acids is 2. The fourth-order valence-electron chi connectivity index (χ4n) is 7.51. The molecule has 1 amide bonds. The summed E-state index contributed by atoms with van der Waals surface area (Å²) in [6.45, 7) is 8.35. The lowest BCUT2D eigenvalue weighted by Crippen LogP contribution is -2.46. The van der Waals surface area contributed by atoms with E-state index in [1.54, 1.807) is 18.6 Å². The van der Waals surface area contributed by atoms with Crippen LogP contribution in [0.25, 0.3) is 22.1 Å². The monoisotopic (exact) mass is 638 g/mol. The van der Waals surface area contributed by atoms with Crippen LogP contribution in [-0.2, 0) is 9.53 Å². The molecule has 0 aromatic carbocycles. The quantitative estimate of drug-likeness (QED) is 0.190. The van der Waals surface area contributed by atoms with Crippen LogP contribution in [0.5, 0.6) is 0 Å². The third-order valence-corrected chi connectivity index (χ3v) is 10.2. The highest BCUT2D eigenvalue weighted by Gasteiger charge is 2.52. The number of hydrogen-bond acceptors (Lipinski definition) is 10. The van der Waals surface area contributed by atoms with Crippen molar-refractivity contribution in [3.05, 3.63) is 67.3 Å². The van der Waals surface area contributed by atoms with E-state index in [1.165, 1.54) is 17.0 Å². The maximum atomic E-state index is 13.2. The minimum absolute atomic E-state index is 0.0289. The smallest absolute Gasteiger partial charge is 0.481 e. The van der Waals surface area contributed by atoms with Crippen LogP contribution in [0, 0.1) is 5.21 Å². The van der Waals surface area contributed by atoms with Crippen LogP contribution in [0.15, 0.2) is 62.1 Å². The highest BCUT2D eigenvalue weighted by atomic mass is 16.5. The van der Waals surface area contributed by atoms with Gasteiger partial charge in [-0.1, -0.05) is 11.6 Å². The van der Waals surface area contributed by atoms with Crippen molar-refractivity contribution in [3.8, 4) is 0 Å². The van der Waals surface area contributed by atoms with E-state index < -0.39 is 6.09 Å². The first kappa shape index (κ1) is 29.3. The van der Waals surface area contributed by atoms with Gasteiger partial charge < -0.3 is 34.5 Å². The predicted octanol–water partition coefficient (Wildman–Crippen LogP) is 2.94. The van der Waals surface area contributed by atoms with Crippen molar-refractivity contribution in [2.24, 2.45) is 0 Å². The summed E-state index contributed by atoms with van der Waals surface area (Å²) in [6, 6.07) is 3.76. The minimum atomic E-state index is -0.633. The number of amides is 1. The Balaban J connectivity index is 0.943. The standard InChI is InChI=1S/C33H38N10O4/c1-2-26(44)42-17-4-14-39(21-33(42)10-11-33)29-25-7-18-41(30(25)43(46)23-37-29)31(45)47-19-5-16-40-15-3-13-38(20-32(40)8-9-32)28-24-6-12-34-27(24)35-22-36-28/h2,5-7,12,16,18,22-23H,1,3-4,8-11,13-15,17,19-21H2,(H,34,35,36). The Hall–Kier alpha value is -5.14. The highest BCUT2D eigenvalue weighted by molar-refractivity contribution is 5.92. The van der Waals surface area contributed by atoms with Gasteiger partial charge in [-0.3, -0.25) is 4.79 Å². The number of ether oxygens (including phenoxy) is 1. The molecule has 0 unspecified atom stereocenters. The molecule has 47 heavy (non-hydrogen) atoms. The zero-order chi connectivity index (χ0) is 32.2. The Kier molecular flexibility index (Phi) is 7.03. The first-order valence-electron chi connectivity index (χ1n) is 16.3. The van der Waals surface area contributed by atoms with Gasteiger partial charge in [0.25, 0.3) is 5.65 Å². The molecule has 2 spiro atoms. The number of carbonyl (C=O) groups is 2. The van der Waals surface area contributed by atoms with Gasteiger partial charge in [-0.2, -0.15) is 4.57 Å². The van der Waals surface area contributed by atoms with Gasteiger partial charge in [0.2, 0.25) is 18.1 Å². The van der Waals surface area contributed by atoms with Crippen molar-refractivity contribution >= 4 is 45.7 Å². The van der Waals surface area contributed by atoms with Crippen molar-refractivity contribution in [3.63, 3.8) is 0 Å². The molecule has 2 aliphatic carbocycles. The van der Waals surface area contributed by atoms with Gasteiger partial charge in [0.15, 0.2) is 0 Å². The third-order valence-electron chi connectivity index (χ3n) is 10.2. The number of nitrogens with one attached hydrogen (secondary N) is 1. The zero-order valence-corrected chi connectivity index (χ0v) is 26.3. The maximum Gasteiger partial charge on any atom is 0.481 e. The zero-order valence-electron chi connectivity index (χ0n) is 26.3. The molecule has 1 N–H and O–H groups in total. The van der Waals surface area contributed by atoms with E-state index in [2.05, 4.69) is 41.2 Å². The second-order valence-corrected chi connectivity index (χ2v) is 13.1. The Bertz CT molecular complexity index is 1890. The average molecular weight is 639 g/mol. The van der Waals surface area contributed by atoms with E-state index in [0.717, 1.165) is 75.0 Å². The van der Waals surface area contributed by atoms with Crippen LogP contribution in [0.2, 0.25) is 0 Å². The molecule has 4 aliphatic rings. The molecule has 14 nitrogen and oxygen atoms in total. The van der Waals surface area contributed by atoms with Crippen LogP contribution in [0.1, 0.15) is 38.5 Å². The number of fused-ring (bicyclic) bond motifs is 2. The molecule has 0 bridgehead atoms. The van der Waals surface area contributed by atoms with Gasteiger partial charge in [0.1, 0.15) is 29.8 Å². The molecule has 8 rings (SSSR count). The van der Waals surface area contributed by atoms with Gasteiger partial charge in [-0.15, -0.1) is 0 Å². The van der Waals surface area contributed by atoms with E-state index in [1.807, 2.05) is 29.4 Å². The van der Waals surface area contributed by atoms with E-state index in [0.29, 0.717) is 35.6 Å². The lowest BCUT2D eigenvalue weighted by atomic mass is 10.2. The minimum Gasteiger partial charge on any atom is -0.740 e. The first-order valence-corrected chi connectivity index (χ1v) is 16.3. The van der Waals surface area contributed by atoms with Crippen LogP contribution in [0.3, 0.4) is 0 Å². The molecular formula is C33H38N10O4. The molecule has 14 heteroatoms. The van der Waals surface area contributed by atoms with E-state index in [9.17, 15) is 14.8 Å². The normalized spacial score (nSPS) is 20.3. The van der Waals surface area contributed by atoms with Crippen LogP contribution < -0.4 is 14.5 Å². The Morgan fingerprint density at radius 1 is 0.979 bits per heavy atom. The number of nitrogens with zero attached hydrogens (tertiary/aromatic N) is 9. The number of H-pyrrole nitrogens is 1. The second-order valence-electron chi connectivity index (χ2n) is 13.1. The molecule has 0 radical (unpaired) electrons. The van der Waals surface area contributed by atoms with E-state index >= 15 is 0 Å². The molecule has 4 aromatic heterocycles. The second kappa shape index (κ2) is 11.3. The largest absolute Gasteiger partial charge is 0.740 e. The van der Waals surface area contributed by atoms with Gasteiger partial charge in [-0.25, -0.2) is 19.5 Å². The van der Waals surface area contributed by atoms with Crippen molar-refractivity contribution in [1.82, 2.24) is 34.3 Å². The maximum absolute atomic E-state index is 13.2. The summed E-state index contributed by atoms with van der Waals surface area (Å²) in [7, 11) is 0. The predicted molar refractivity (Wildman–Crippen MR) is 175 cm³/mol. The summed E-state index contributed by atoms with van der Waals surface area (Å²) in [4.78, 5) is 51.2. The summed E-state index contributed by atoms with van der Waals surface area (Å²) in [5.41, 5.74) is 0.793. The van der Waals surface area contributed by atoms with Crippen LogP contribution in [-0.4, -0.2) is 103 Å². The fraction of sp³-hybridized carbons (Fsp3) is 0.455. The summed E-state index contributed by atoms with van der Waals surface area (Å²) in [6.07, 6.45) is 16.7. The van der Waals surface area contributed by atoms with Crippen LogP contribution >= 0.6 is 0 Å². The summed E-state index contributed by atoms with van der Waals surface area (Å²) >= 11 is 0. The van der Waals surface area contributed by atoms with Crippen molar-refractivity contribution < 1.29 is 19.1 Å². The molecule has 4 fully saturated rings. The number of anilines is 2. The highest BCUT2D eigenvalue weighted by Crippen LogP contribution is 2.46. The van der Waals surface area contributed by atoms with Gasteiger partial charge in [-0.05, 0) is 69.0 Å². The molecule has 0 atom stereocenters. The Morgan fingerprint density at radius 3 is 2.49 bits per heavy atom. The Labute approximate surface area is 271 Å². The summed E-state index contributed by atoms with van der Waals surface area (Å²) in [5.74, 6) is 1.53. The molecule has 2 aliphatic heterocycles.